The fourth-order valence-electron chi connectivity index (χ4n) is 8.09. The van der Waals surface area contributed by atoms with Crippen molar-refractivity contribution in [2.24, 2.45) is 28.6 Å². The predicted octanol–water partition coefficient (Wildman–Crippen LogP) is 3.84. The van der Waals surface area contributed by atoms with Gasteiger partial charge in [-0.2, -0.15) is 0 Å². The topological polar surface area (TPSA) is 78.9 Å². The van der Waals surface area contributed by atoms with E-state index in [1.165, 1.54) is 13.8 Å². The van der Waals surface area contributed by atoms with E-state index in [2.05, 4.69) is 13.8 Å². The summed E-state index contributed by atoms with van der Waals surface area (Å²) < 4.78 is 17.3. The van der Waals surface area contributed by atoms with Crippen LogP contribution in [0.15, 0.2) is 0 Å². The van der Waals surface area contributed by atoms with Gasteiger partial charge in [-0.1, -0.05) is 13.8 Å². The van der Waals surface area contributed by atoms with Crippen molar-refractivity contribution in [1.29, 1.82) is 0 Å². The molecule has 4 saturated carbocycles. The van der Waals surface area contributed by atoms with Crippen molar-refractivity contribution in [1.82, 2.24) is 0 Å². The second-order valence-corrected chi connectivity index (χ2v) is 10.6. The highest BCUT2D eigenvalue weighted by atomic mass is 16.6. The van der Waals surface area contributed by atoms with Gasteiger partial charge in [-0.25, -0.2) is 0 Å². The number of esters is 2. The molecule has 0 N–H and O–H groups in total. The number of carbonyl (C=O) groups excluding carboxylic acids is 3. The molecule has 0 aromatic rings. The van der Waals surface area contributed by atoms with Crippen molar-refractivity contribution in [2.75, 3.05) is 7.11 Å². The van der Waals surface area contributed by atoms with E-state index in [4.69, 9.17) is 14.2 Å². The molecule has 0 heterocycles. The molecule has 168 valence electrons. The summed E-state index contributed by atoms with van der Waals surface area (Å²) in [4.78, 5) is 36.9. The lowest BCUT2D eigenvalue weighted by Crippen LogP contribution is -2.68. The van der Waals surface area contributed by atoms with Gasteiger partial charge in [-0.15, -0.1) is 0 Å². The Morgan fingerprint density at radius 1 is 0.933 bits per heavy atom. The molecule has 0 spiro atoms. The Kier molecular flexibility index (Phi) is 5.32. The van der Waals surface area contributed by atoms with Gasteiger partial charge in [0.1, 0.15) is 17.8 Å². The van der Waals surface area contributed by atoms with E-state index in [1.807, 2.05) is 0 Å². The van der Waals surface area contributed by atoms with Crippen LogP contribution in [0, 0.1) is 28.6 Å². The van der Waals surface area contributed by atoms with Crippen LogP contribution in [-0.4, -0.2) is 42.6 Å². The highest BCUT2D eigenvalue weighted by molar-refractivity contribution is 5.90. The molecule has 0 amide bonds. The molecular formula is C24H36O6. The van der Waals surface area contributed by atoms with E-state index in [-0.39, 0.29) is 40.8 Å². The summed E-state index contributed by atoms with van der Waals surface area (Å²) in [5.41, 5.74) is -1.20. The van der Waals surface area contributed by atoms with Gasteiger partial charge >= 0.3 is 11.9 Å². The molecule has 0 radical (unpaired) electrons. The summed E-state index contributed by atoms with van der Waals surface area (Å²) in [6.07, 6.45) is 6.18. The lowest BCUT2D eigenvalue weighted by Gasteiger charge is -2.63. The Morgan fingerprint density at radius 3 is 2.27 bits per heavy atom. The number of rotatable bonds is 3. The van der Waals surface area contributed by atoms with Crippen LogP contribution in [0.25, 0.3) is 0 Å². The molecule has 4 fully saturated rings. The van der Waals surface area contributed by atoms with Gasteiger partial charge in [0.2, 0.25) is 0 Å². The van der Waals surface area contributed by atoms with Crippen LogP contribution >= 0.6 is 0 Å². The first-order valence-corrected chi connectivity index (χ1v) is 11.5. The molecule has 8 atom stereocenters. The van der Waals surface area contributed by atoms with Crippen molar-refractivity contribution in [3.8, 4) is 0 Å². The Labute approximate surface area is 179 Å². The fourth-order valence-corrected chi connectivity index (χ4v) is 8.09. The minimum atomic E-state index is -0.881. The first kappa shape index (κ1) is 21.8. The molecule has 0 saturated heterocycles. The number of Topliss-reactive ketones (excluding diaryl/α,β-unsaturated/α-hetero) is 1. The van der Waals surface area contributed by atoms with E-state index in [0.29, 0.717) is 30.6 Å². The van der Waals surface area contributed by atoms with Gasteiger partial charge < -0.3 is 14.2 Å². The van der Waals surface area contributed by atoms with Crippen molar-refractivity contribution in [3.05, 3.63) is 0 Å². The molecule has 6 nitrogen and oxygen atoms in total. The fraction of sp³-hybridized carbons (Fsp3) is 0.875. The van der Waals surface area contributed by atoms with Crippen molar-refractivity contribution in [2.45, 2.75) is 96.9 Å². The van der Waals surface area contributed by atoms with Crippen LogP contribution in [0.4, 0.5) is 0 Å². The molecule has 0 aromatic carbocycles. The molecule has 0 aliphatic heterocycles. The smallest absolute Gasteiger partial charge is 0.302 e. The molecule has 8 unspecified atom stereocenters. The quantitative estimate of drug-likeness (QED) is 0.646. The van der Waals surface area contributed by atoms with Gasteiger partial charge in [0.05, 0.1) is 0 Å². The van der Waals surface area contributed by atoms with Gasteiger partial charge in [0.15, 0.2) is 5.78 Å². The average molecular weight is 421 g/mol. The van der Waals surface area contributed by atoms with Crippen molar-refractivity contribution in [3.63, 3.8) is 0 Å². The third kappa shape index (κ3) is 2.96. The van der Waals surface area contributed by atoms with Crippen LogP contribution in [0.2, 0.25) is 0 Å². The average Bonchev–Trinajstić information content (AvgIpc) is 2.98. The van der Waals surface area contributed by atoms with Crippen LogP contribution < -0.4 is 0 Å². The molecule has 30 heavy (non-hydrogen) atoms. The number of ether oxygens (including phenoxy) is 3. The molecule has 4 aliphatic rings. The van der Waals surface area contributed by atoms with E-state index in [1.54, 1.807) is 7.11 Å². The summed E-state index contributed by atoms with van der Waals surface area (Å²) in [5.74, 6) is 0.732. The Hall–Kier alpha value is -1.43. The van der Waals surface area contributed by atoms with Crippen LogP contribution in [-0.2, 0) is 28.6 Å². The minimum absolute atomic E-state index is 0.0438. The molecule has 0 bridgehead atoms. The number of hydrogen-bond donors (Lipinski definition) is 0. The zero-order chi connectivity index (χ0) is 21.9. The summed E-state index contributed by atoms with van der Waals surface area (Å²) in [7, 11) is 1.64. The minimum Gasteiger partial charge on any atom is -0.462 e. The maximum Gasteiger partial charge on any atom is 0.302 e. The molecule has 4 aliphatic carbocycles. The highest BCUT2D eigenvalue weighted by Gasteiger charge is 2.69. The Morgan fingerprint density at radius 2 is 1.63 bits per heavy atom. The van der Waals surface area contributed by atoms with E-state index in [0.717, 1.165) is 38.5 Å². The summed E-state index contributed by atoms with van der Waals surface area (Å²) >= 11 is 0. The Bertz CT molecular complexity index is 748. The monoisotopic (exact) mass is 420 g/mol. The van der Waals surface area contributed by atoms with Crippen LogP contribution in [0.3, 0.4) is 0 Å². The maximum atomic E-state index is 13.7. The number of methoxy groups -OCH3 is 1. The first-order chi connectivity index (χ1) is 14.1. The molecular weight excluding hydrogens is 384 g/mol. The van der Waals surface area contributed by atoms with E-state index in [9.17, 15) is 14.4 Å². The Balaban J connectivity index is 1.64. The zero-order valence-corrected chi connectivity index (χ0v) is 19.0. The summed E-state index contributed by atoms with van der Waals surface area (Å²) in [6.45, 7) is 7.41. The SMILES string of the molecule is COC12CC(OC(C)=O)CCC1(C)C1CCC3(C)C(OC(C)=O)CCC3C1CC2=O. The molecule has 4 rings (SSSR count). The first-order valence-electron chi connectivity index (χ1n) is 11.5. The zero-order valence-electron chi connectivity index (χ0n) is 19.0. The summed E-state index contributed by atoms with van der Waals surface area (Å²) in [6, 6.07) is 0. The van der Waals surface area contributed by atoms with Gasteiger partial charge in [0, 0.05) is 44.6 Å². The number of carbonyl (C=O) groups is 3. The van der Waals surface area contributed by atoms with Crippen LogP contribution in [0.1, 0.15) is 79.1 Å². The molecule has 0 aromatic heterocycles. The lowest BCUT2D eigenvalue weighted by atomic mass is 9.43. The third-order valence-corrected chi connectivity index (χ3v) is 9.45. The third-order valence-electron chi connectivity index (χ3n) is 9.45. The van der Waals surface area contributed by atoms with Crippen LogP contribution in [0.5, 0.6) is 0 Å². The normalized spacial score (nSPS) is 47.6. The van der Waals surface area contributed by atoms with E-state index < -0.39 is 5.60 Å². The van der Waals surface area contributed by atoms with Gasteiger partial charge in [-0.05, 0) is 56.3 Å². The second-order valence-electron chi connectivity index (χ2n) is 10.6. The lowest BCUT2D eigenvalue weighted by molar-refractivity contribution is -0.226. The summed E-state index contributed by atoms with van der Waals surface area (Å²) in [5, 5.41) is 0. The van der Waals surface area contributed by atoms with E-state index >= 15 is 0 Å². The number of hydrogen-bond acceptors (Lipinski definition) is 6. The predicted molar refractivity (Wildman–Crippen MR) is 109 cm³/mol. The largest absolute Gasteiger partial charge is 0.462 e. The van der Waals surface area contributed by atoms with Gasteiger partial charge in [0.25, 0.3) is 0 Å². The standard InChI is InChI=1S/C24H36O6/c1-14(25)29-16-8-11-23(4)19-9-10-22(3)18(6-7-21(22)30-15(2)26)17(19)12-20(27)24(23,13-16)28-5/h16-19,21H,6-13H2,1-5H3. The second kappa shape index (κ2) is 7.32. The van der Waals surface area contributed by atoms with Gasteiger partial charge in [-0.3, -0.25) is 14.4 Å². The maximum absolute atomic E-state index is 13.7. The number of ketones is 1. The number of fused-ring (bicyclic) bond motifs is 5. The van der Waals surface area contributed by atoms with Crippen molar-refractivity contribution >= 4 is 17.7 Å². The van der Waals surface area contributed by atoms with Crippen molar-refractivity contribution < 1.29 is 28.6 Å². The highest BCUT2D eigenvalue weighted by Crippen LogP contribution is 2.67. The molecule has 6 heteroatoms.